The first-order valence-corrected chi connectivity index (χ1v) is 7.81. The minimum atomic E-state index is -0.602. The maximum absolute atomic E-state index is 12.2. The highest BCUT2D eigenvalue weighted by Crippen LogP contribution is 2.23. The third-order valence-corrected chi connectivity index (χ3v) is 3.98. The molecule has 128 valence electrons. The fraction of sp³-hybridized carbons (Fsp3) is 0.118. The number of halogens is 1. The van der Waals surface area contributed by atoms with Gasteiger partial charge < -0.3 is 15.4 Å². The summed E-state index contributed by atoms with van der Waals surface area (Å²) in [6.45, 7) is 0.295. The Kier molecular flexibility index (Phi) is 4.85. The van der Waals surface area contributed by atoms with Crippen molar-refractivity contribution in [3.8, 4) is 0 Å². The van der Waals surface area contributed by atoms with E-state index in [4.69, 9.17) is 11.6 Å². The first kappa shape index (κ1) is 16.8. The number of rotatable bonds is 3. The standard InChI is InChI=1S/C17H15ClN4O3/c1-25-17(24)22-15-8-4-7-14(12(15)10-20-22)21-16(23)19-9-11-5-2-3-6-13(11)18/h2-8,10H,9H2,1H3,(H2,19,21,23). The molecule has 0 radical (unpaired) electrons. The molecule has 0 fully saturated rings. The van der Waals surface area contributed by atoms with Gasteiger partial charge in [-0.25, -0.2) is 9.59 Å². The molecule has 3 aromatic rings. The van der Waals surface area contributed by atoms with E-state index in [1.807, 2.05) is 18.2 Å². The Labute approximate surface area is 148 Å². The molecule has 2 aromatic carbocycles. The van der Waals surface area contributed by atoms with Gasteiger partial charge in [-0.15, -0.1) is 0 Å². The lowest BCUT2D eigenvalue weighted by Gasteiger charge is -2.09. The van der Waals surface area contributed by atoms with Crippen LogP contribution in [0.2, 0.25) is 5.02 Å². The van der Waals surface area contributed by atoms with E-state index in [0.29, 0.717) is 28.2 Å². The van der Waals surface area contributed by atoms with Crippen LogP contribution in [0.5, 0.6) is 0 Å². The van der Waals surface area contributed by atoms with Crippen LogP contribution in [-0.2, 0) is 11.3 Å². The molecule has 1 heterocycles. The molecule has 8 heteroatoms. The van der Waals surface area contributed by atoms with Crippen LogP contribution >= 0.6 is 11.6 Å². The Morgan fingerprint density at radius 2 is 2.00 bits per heavy atom. The number of amides is 2. The molecule has 0 aliphatic carbocycles. The second kappa shape index (κ2) is 7.23. The van der Waals surface area contributed by atoms with Crippen LogP contribution in [0.25, 0.3) is 10.9 Å². The van der Waals surface area contributed by atoms with Gasteiger partial charge in [0.15, 0.2) is 0 Å². The van der Waals surface area contributed by atoms with Crippen LogP contribution in [0.15, 0.2) is 48.7 Å². The zero-order chi connectivity index (χ0) is 17.8. The van der Waals surface area contributed by atoms with Crippen LogP contribution in [-0.4, -0.2) is 29.0 Å². The van der Waals surface area contributed by atoms with Gasteiger partial charge in [-0.3, -0.25) is 0 Å². The van der Waals surface area contributed by atoms with Crippen molar-refractivity contribution in [2.24, 2.45) is 0 Å². The van der Waals surface area contributed by atoms with E-state index in [1.165, 1.54) is 13.3 Å². The van der Waals surface area contributed by atoms with Crippen molar-refractivity contribution < 1.29 is 14.3 Å². The minimum absolute atomic E-state index is 0.295. The molecule has 0 bridgehead atoms. The third kappa shape index (κ3) is 3.56. The molecule has 3 rings (SSSR count). The molecule has 7 nitrogen and oxygen atoms in total. The van der Waals surface area contributed by atoms with E-state index in [-0.39, 0.29) is 0 Å². The average molecular weight is 359 g/mol. The zero-order valence-electron chi connectivity index (χ0n) is 13.3. The first-order valence-electron chi connectivity index (χ1n) is 7.43. The number of nitrogens with one attached hydrogen (secondary N) is 2. The molecule has 0 atom stereocenters. The number of fused-ring (bicyclic) bond motifs is 1. The fourth-order valence-electron chi connectivity index (χ4n) is 2.38. The highest BCUT2D eigenvalue weighted by molar-refractivity contribution is 6.31. The smallest absolute Gasteiger partial charge is 0.434 e. The molecule has 0 spiro atoms. The Balaban J connectivity index is 1.74. The lowest BCUT2D eigenvalue weighted by molar-refractivity contribution is 0.170. The number of carbonyl (C=O) groups excluding carboxylic acids is 2. The van der Waals surface area contributed by atoms with Crippen molar-refractivity contribution in [1.82, 2.24) is 15.1 Å². The molecule has 1 aromatic heterocycles. The summed E-state index contributed by atoms with van der Waals surface area (Å²) in [5, 5.41) is 10.7. The minimum Gasteiger partial charge on any atom is -0.451 e. The van der Waals surface area contributed by atoms with Crippen LogP contribution in [0.1, 0.15) is 5.56 Å². The number of hydrogen-bond donors (Lipinski definition) is 2. The first-order chi connectivity index (χ1) is 12.1. The SMILES string of the molecule is COC(=O)n1ncc2c(NC(=O)NCc3ccccc3Cl)cccc21. The summed E-state index contributed by atoms with van der Waals surface area (Å²) >= 11 is 6.07. The van der Waals surface area contributed by atoms with Crippen molar-refractivity contribution in [2.45, 2.75) is 6.54 Å². The molecule has 0 saturated heterocycles. The van der Waals surface area contributed by atoms with Gasteiger partial charge >= 0.3 is 12.1 Å². The highest BCUT2D eigenvalue weighted by atomic mass is 35.5. The fourth-order valence-corrected chi connectivity index (χ4v) is 2.58. The Bertz CT molecular complexity index is 939. The van der Waals surface area contributed by atoms with Crippen LogP contribution in [0.4, 0.5) is 15.3 Å². The molecule has 0 saturated carbocycles. The molecule has 0 aliphatic rings. The molecule has 0 aliphatic heterocycles. The van der Waals surface area contributed by atoms with Gasteiger partial charge in [-0.05, 0) is 23.8 Å². The lowest BCUT2D eigenvalue weighted by atomic mass is 10.2. The van der Waals surface area contributed by atoms with E-state index in [1.54, 1.807) is 24.3 Å². The van der Waals surface area contributed by atoms with Crippen molar-refractivity contribution in [3.63, 3.8) is 0 Å². The van der Waals surface area contributed by atoms with Gasteiger partial charge in [0.25, 0.3) is 0 Å². The lowest BCUT2D eigenvalue weighted by Crippen LogP contribution is -2.28. The summed E-state index contributed by atoms with van der Waals surface area (Å²) in [7, 11) is 1.28. The zero-order valence-corrected chi connectivity index (χ0v) is 14.1. The number of carbonyl (C=O) groups is 2. The van der Waals surface area contributed by atoms with Gasteiger partial charge in [0.05, 0.1) is 24.5 Å². The number of methoxy groups -OCH3 is 1. The summed E-state index contributed by atoms with van der Waals surface area (Å²) < 4.78 is 5.80. The maximum atomic E-state index is 12.2. The average Bonchev–Trinajstić information content (AvgIpc) is 3.05. The van der Waals surface area contributed by atoms with Crippen molar-refractivity contribution in [3.05, 3.63) is 59.2 Å². The largest absolute Gasteiger partial charge is 0.451 e. The van der Waals surface area contributed by atoms with E-state index >= 15 is 0 Å². The molecular weight excluding hydrogens is 344 g/mol. The van der Waals surface area contributed by atoms with Crippen LogP contribution < -0.4 is 10.6 Å². The van der Waals surface area contributed by atoms with Gasteiger partial charge in [-0.2, -0.15) is 9.78 Å². The van der Waals surface area contributed by atoms with Crippen LogP contribution in [0.3, 0.4) is 0 Å². The van der Waals surface area contributed by atoms with Crippen molar-refractivity contribution in [1.29, 1.82) is 0 Å². The van der Waals surface area contributed by atoms with E-state index in [0.717, 1.165) is 10.2 Å². The molecule has 25 heavy (non-hydrogen) atoms. The van der Waals surface area contributed by atoms with E-state index in [2.05, 4.69) is 20.5 Å². The monoisotopic (exact) mass is 358 g/mol. The topological polar surface area (TPSA) is 85.2 Å². The quantitative estimate of drug-likeness (QED) is 0.748. The predicted octanol–water partition coefficient (Wildman–Crippen LogP) is 3.63. The number of anilines is 1. The summed E-state index contributed by atoms with van der Waals surface area (Å²) in [5.74, 6) is 0. The molecular formula is C17H15ClN4O3. The predicted molar refractivity (Wildman–Crippen MR) is 94.8 cm³/mol. The number of ether oxygens (including phenoxy) is 1. The van der Waals surface area contributed by atoms with Gasteiger partial charge in [0, 0.05) is 17.0 Å². The van der Waals surface area contributed by atoms with Gasteiger partial charge in [0.1, 0.15) is 0 Å². The Hall–Kier alpha value is -3.06. The summed E-state index contributed by atoms with van der Waals surface area (Å²) in [5.41, 5.74) is 1.89. The number of benzene rings is 2. The van der Waals surface area contributed by atoms with E-state index < -0.39 is 12.1 Å². The second-order valence-corrected chi connectivity index (χ2v) is 5.57. The third-order valence-electron chi connectivity index (χ3n) is 3.61. The number of nitrogens with zero attached hydrogens (tertiary/aromatic N) is 2. The van der Waals surface area contributed by atoms with Gasteiger partial charge in [-0.1, -0.05) is 35.9 Å². The van der Waals surface area contributed by atoms with Gasteiger partial charge in [0.2, 0.25) is 0 Å². The summed E-state index contributed by atoms with van der Waals surface area (Å²) in [6.07, 6.45) is 0.894. The second-order valence-electron chi connectivity index (χ2n) is 5.16. The normalized spacial score (nSPS) is 10.5. The van der Waals surface area contributed by atoms with E-state index in [9.17, 15) is 9.59 Å². The number of aromatic nitrogens is 2. The highest BCUT2D eigenvalue weighted by Gasteiger charge is 2.14. The van der Waals surface area contributed by atoms with Crippen molar-refractivity contribution in [2.75, 3.05) is 12.4 Å². The van der Waals surface area contributed by atoms with Crippen molar-refractivity contribution >= 4 is 40.3 Å². The Morgan fingerprint density at radius 1 is 1.20 bits per heavy atom. The number of urea groups is 1. The summed E-state index contributed by atoms with van der Waals surface area (Å²) in [6, 6.07) is 12.0. The number of hydrogen-bond acceptors (Lipinski definition) is 4. The maximum Gasteiger partial charge on any atom is 0.434 e. The van der Waals surface area contributed by atoms with Crippen LogP contribution in [0, 0.1) is 0 Å². The molecule has 2 amide bonds. The summed E-state index contributed by atoms with van der Waals surface area (Å²) in [4.78, 5) is 23.8. The molecule has 0 unspecified atom stereocenters. The Morgan fingerprint density at radius 3 is 2.76 bits per heavy atom. The molecule has 2 N–H and O–H groups in total.